The fraction of sp³-hybridized carbons (Fsp3) is 0.833. The number of hydrogen-bond donors (Lipinski definition) is 1. The van der Waals surface area contributed by atoms with Crippen LogP contribution in [0.25, 0.3) is 0 Å². The van der Waals surface area contributed by atoms with E-state index in [-0.39, 0.29) is 6.10 Å². The summed E-state index contributed by atoms with van der Waals surface area (Å²) in [6, 6.07) is 0. The van der Waals surface area contributed by atoms with Gasteiger partial charge in [0.05, 0.1) is 14.2 Å². The van der Waals surface area contributed by atoms with Crippen molar-refractivity contribution in [3.05, 3.63) is 11.8 Å². The summed E-state index contributed by atoms with van der Waals surface area (Å²) < 4.78 is 0. The Morgan fingerprint density at radius 2 is 1.71 bits per heavy atom. The second-order valence-corrected chi connectivity index (χ2v) is 10.6. The van der Waals surface area contributed by atoms with Gasteiger partial charge in [0.1, 0.15) is 0 Å². The molecule has 0 bridgehead atoms. The van der Waals surface area contributed by atoms with E-state index in [2.05, 4.69) is 19.6 Å². The van der Waals surface area contributed by atoms with Crippen molar-refractivity contribution >= 4 is 8.07 Å². The topological polar surface area (TPSA) is 20.2 Å². The summed E-state index contributed by atoms with van der Waals surface area (Å²) >= 11 is 0. The van der Waals surface area contributed by atoms with E-state index < -0.39 is 8.07 Å². The number of aliphatic hydroxyl groups is 1. The molecule has 2 heteroatoms. The molecule has 0 unspecified atom stereocenters. The lowest BCUT2D eigenvalue weighted by Gasteiger charge is -2.32. The van der Waals surface area contributed by atoms with Gasteiger partial charge >= 0.3 is 0 Å². The largest absolute Gasteiger partial charge is 0.389 e. The van der Waals surface area contributed by atoms with E-state index >= 15 is 0 Å². The van der Waals surface area contributed by atoms with E-state index in [1.165, 1.54) is 19.3 Å². The fourth-order valence-corrected chi connectivity index (χ4v) is 3.27. The van der Waals surface area contributed by atoms with Crippen molar-refractivity contribution in [1.82, 2.24) is 0 Å². The van der Waals surface area contributed by atoms with E-state index in [4.69, 9.17) is 6.58 Å². The summed E-state index contributed by atoms with van der Waals surface area (Å²) in [5.41, 5.74) is 0. The molecule has 0 spiro atoms. The number of rotatable bonds is 3. The Labute approximate surface area is 89.2 Å². The van der Waals surface area contributed by atoms with Crippen molar-refractivity contribution < 1.29 is 5.11 Å². The molecule has 0 heterocycles. The maximum Gasteiger partial charge on any atom is 0.0758 e. The third-order valence-electron chi connectivity index (χ3n) is 3.28. The molecule has 0 aliphatic heterocycles. The van der Waals surface area contributed by atoms with Crippen molar-refractivity contribution in [2.45, 2.75) is 57.8 Å². The molecule has 1 atom stereocenters. The highest BCUT2D eigenvalue weighted by Gasteiger charge is 2.30. The van der Waals surface area contributed by atoms with Crippen LogP contribution in [0.2, 0.25) is 19.6 Å². The molecule has 0 saturated heterocycles. The molecular formula is C12H23OSi. The van der Waals surface area contributed by atoms with Crippen molar-refractivity contribution in [3.63, 3.8) is 0 Å². The Morgan fingerprint density at radius 1 is 1.21 bits per heavy atom. The van der Waals surface area contributed by atoms with E-state index in [1.807, 2.05) is 0 Å². The van der Waals surface area contributed by atoms with Gasteiger partial charge in [0.2, 0.25) is 0 Å². The van der Waals surface area contributed by atoms with Gasteiger partial charge in [0.25, 0.3) is 0 Å². The molecule has 14 heavy (non-hydrogen) atoms. The Balaban J connectivity index is 2.55. The maximum atomic E-state index is 10.2. The molecule has 0 aromatic heterocycles. The van der Waals surface area contributed by atoms with Crippen LogP contribution in [0.4, 0.5) is 0 Å². The Kier molecular flexibility index (Phi) is 3.96. The third kappa shape index (κ3) is 2.96. The second kappa shape index (κ2) is 4.62. The Hall–Kier alpha value is -0.0831. The Morgan fingerprint density at radius 3 is 2.14 bits per heavy atom. The van der Waals surface area contributed by atoms with Crippen molar-refractivity contribution in [2.75, 3.05) is 0 Å². The molecule has 1 aliphatic rings. The fourth-order valence-electron chi connectivity index (χ4n) is 2.15. The molecule has 1 fully saturated rings. The summed E-state index contributed by atoms with van der Waals surface area (Å²) in [6.45, 7) is 12.7. The van der Waals surface area contributed by atoms with Crippen LogP contribution in [-0.4, -0.2) is 19.3 Å². The first kappa shape index (κ1) is 12.0. The van der Waals surface area contributed by atoms with Crippen LogP contribution >= 0.6 is 0 Å². The molecule has 0 amide bonds. The maximum absolute atomic E-state index is 10.2. The molecule has 1 N–H and O–H groups in total. The van der Waals surface area contributed by atoms with E-state index in [9.17, 15) is 5.11 Å². The van der Waals surface area contributed by atoms with Crippen LogP contribution in [0.1, 0.15) is 32.1 Å². The molecule has 81 valence electrons. The van der Waals surface area contributed by atoms with Gasteiger partial charge in [-0.3, -0.25) is 0 Å². The standard InChI is InChI=1S/C12H23OSi/c1-10(14(2,3)4)12(13)11-8-6-5-7-9-11/h1,11-13H,5-9H2,2-4H3/t12-/m1/s1. The minimum absolute atomic E-state index is 0.332. The summed E-state index contributed by atoms with van der Waals surface area (Å²) in [7, 11) is -1.46. The van der Waals surface area contributed by atoms with Gasteiger partial charge in [0, 0.05) is 0 Å². The highest BCUT2D eigenvalue weighted by atomic mass is 28.3. The lowest BCUT2D eigenvalue weighted by molar-refractivity contribution is 0.120. The average molecular weight is 211 g/mol. The average Bonchev–Trinajstić information content (AvgIpc) is 2.15. The predicted octanol–water partition coefficient (Wildman–Crippen LogP) is 3.16. The first-order valence-corrected chi connectivity index (χ1v) is 9.24. The van der Waals surface area contributed by atoms with Crippen LogP contribution in [0.15, 0.2) is 5.20 Å². The highest BCUT2D eigenvalue weighted by molar-refractivity contribution is 6.83. The molecule has 1 nitrogen and oxygen atoms in total. The zero-order valence-electron chi connectivity index (χ0n) is 9.71. The summed E-state index contributed by atoms with van der Waals surface area (Å²) in [4.78, 5) is 0. The highest BCUT2D eigenvalue weighted by Crippen LogP contribution is 2.31. The van der Waals surface area contributed by atoms with Gasteiger partial charge in [-0.25, -0.2) is 0 Å². The van der Waals surface area contributed by atoms with Crippen molar-refractivity contribution in [2.24, 2.45) is 5.92 Å². The first-order valence-electron chi connectivity index (χ1n) is 5.74. The van der Waals surface area contributed by atoms with Crippen LogP contribution in [0.5, 0.6) is 0 Å². The second-order valence-electron chi connectivity index (χ2n) is 5.55. The van der Waals surface area contributed by atoms with E-state index in [1.54, 1.807) is 0 Å². The number of hydrogen-bond acceptors (Lipinski definition) is 1. The van der Waals surface area contributed by atoms with Gasteiger partial charge in [-0.05, 0) is 18.8 Å². The van der Waals surface area contributed by atoms with Crippen molar-refractivity contribution in [1.29, 1.82) is 0 Å². The lowest BCUT2D eigenvalue weighted by atomic mass is 9.85. The molecular weight excluding hydrogens is 188 g/mol. The van der Waals surface area contributed by atoms with Gasteiger partial charge < -0.3 is 5.11 Å². The Bertz CT molecular complexity index is 199. The summed E-state index contributed by atoms with van der Waals surface area (Å²) in [6.07, 6.45) is 5.85. The SMILES string of the molecule is [CH]=C([C@@H](O)C1CCCCC1)[Si](C)(C)C. The smallest absolute Gasteiger partial charge is 0.0758 e. The van der Waals surface area contributed by atoms with Gasteiger partial charge in [-0.15, -0.1) is 0 Å². The van der Waals surface area contributed by atoms with Crippen LogP contribution in [0, 0.1) is 12.5 Å². The predicted molar refractivity (Wildman–Crippen MR) is 63.7 cm³/mol. The zero-order chi connectivity index (χ0) is 10.8. The van der Waals surface area contributed by atoms with Crippen LogP contribution < -0.4 is 0 Å². The van der Waals surface area contributed by atoms with Gasteiger partial charge in [-0.1, -0.05) is 50.7 Å². The quantitative estimate of drug-likeness (QED) is 0.711. The first-order chi connectivity index (χ1) is 6.43. The molecule has 1 radical (unpaired) electrons. The minimum Gasteiger partial charge on any atom is -0.389 e. The van der Waals surface area contributed by atoms with Gasteiger partial charge in [-0.2, -0.15) is 0 Å². The minimum atomic E-state index is -1.46. The third-order valence-corrected chi connectivity index (χ3v) is 5.31. The zero-order valence-corrected chi connectivity index (χ0v) is 10.7. The lowest BCUT2D eigenvalue weighted by Crippen LogP contribution is -2.36. The monoisotopic (exact) mass is 211 g/mol. The van der Waals surface area contributed by atoms with Crippen LogP contribution in [-0.2, 0) is 0 Å². The van der Waals surface area contributed by atoms with Crippen LogP contribution in [0.3, 0.4) is 0 Å². The molecule has 0 aromatic carbocycles. The molecule has 1 rings (SSSR count). The number of aliphatic hydroxyl groups excluding tert-OH is 1. The van der Waals surface area contributed by atoms with E-state index in [0.29, 0.717) is 5.92 Å². The van der Waals surface area contributed by atoms with Gasteiger partial charge in [0.15, 0.2) is 0 Å². The normalized spacial score (nSPS) is 22.0. The summed E-state index contributed by atoms with van der Waals surface area (Å²) in [5.74, 6) is 0.440. The van der Waals surface area contributed by atoms with E-state index in [0.717, 1.165) is 18.0 Å². The molecule has 1 saturated carbocycles. The van der Waals surface area contributed by atoms with Crippen molar-refractivity contribution in [3.8, 4) is 0 Å². The molecule has 1 aliphatic carbocycles. The molecule has 0 aromatic rings. The summed E-state index contributed by atoms with van der Waals surface area (Å²) in [5, 5.41) is 11.0.